The summed E-state index contributed by atoms with van der Waals surface area (Å²) in [5.41, 5.74) is 0.851. The fourth-order valence-corrected chi connectivity index (χ4v) is 3.14. The summed E-state index contributed by atoms with van der Waals surface area (Å²) in [6, 6.07) is 8.35. The van der Waals surface area contributed by atoms with Crippen LogP contribution in [0.25, 0.3) is 0 Å². The second-order valence-electron chi connectivity index (χ2n) is 5.57. The first kappa shape index (κ1) is 15.5. The molecule has 0 heterocycles. The molecule has 1 aromatic rings. The van der Waals surface area contributed by atoms with Gasteiger partial charge in [-0.25, -0.2) is 0 Å². The highest BCUT2D eigenvalue weighted by molar-refractivity contribution is 9.10. The average Bonchev–Trinajstić information content (AvgIpc) is 2.40. The lowest BCUT2D eigenvalue weighted by Gasteiger charge is -2.18. The molecule has 20 heavy (non-hydrogen) atoms. The van der Waals surface area contributed by atoms with Crippen molar-refractivity contribution in [2.75, 3.05) is 11.9 Å². The topological polar surface area (TPSA) is 45.7 Å². The third-order valence-electron chi connectivity index (χ3n) is 3.93. The zero-order chi connectivity index (χ0) is 14.2. The van der Waals surface area contributed by atoms with Crippen molar-refractivity contribution in [1.29, 1.82) is 0 Å². The van der Waals surface area contributed by atoms with Crippen LogP contribution < -0.4 is 10.6 Å². The van der Waals surface area contributed by atoms with Crippen LogP contribution in [-0.2, 0) is 4.79 Å². The number of amides is 1. The summed E-state index contributed by atoms with van der Waals surface area (Å²) in [5, 5.41) is 5.18. The van der Waals surface area contributed by atoms with E-state index in [1.54, 1.807) is 0 Å². The molecule has 1 amide bonds. The van der Waals surface area contributed by atoms with Crippen LogP contribution in [0.2, 0.25) is 0 Å². The number of para-hydroxylation sites is 1. The lowest BCUT2D eigenvalue weighted by Crippen LogP contribution is -2.91. The van der Waals surface area contributed by atoms with Crippen LogP contribution in [0.5, 0.6) is 0 Å². The fourth-order valence-electron chi connectivity index (χ4n) is 2.76. The Bertz CT molecular complexity index is 428. The van der Waals surface area contributed by atoms with E-state index < -0.39 is 0 Å². The number of hydrogen-bond donors (Lipinski definition) is 2. The summed E-state index contributed by atoms with van der Waals surface area (Å²) in [6.07, 6.45) is 9.22. The molecule has 1 aromatic carbocycles. The minimum Gasteiger partial charge on any atom is -0.336 e. The summed E-state index contributed by atoms with van der Waals surface area (Å²) >= 11 is 3.45. The lowest BCUT2D eigenvalue weighted by molar-refractivity contribution is -0.680. The second-order valence-corrected chi connectivity index (χ2v) is 6.43. The van der Waals surface area contributed by atoms with Gasteiger partial charge in [-0.2, -0.15) is 0 Å². The van der Waals surface area contributed by atoms with Gasteiger partial charge >= 0.3 is 0 Å². The molecular weight excluding hydrogens is 316 g/mol. The van der Waals surface area contributed by atoms with Gasteiger partial charge in [0.1, 0.15) is 0 Å². The number of carbonyl (C=O) groups is 1. The van der Waals surface area contributed by atoms with Crippen LogP contribution in [0.3, 0.4) is 0 Å². The van der Waals surface area contributed by atoms with E-state index in [2.05, 4.69) is 26.6 Å². The van der Waals surface area contributed by atoms with Crippen molar-refractivity contribution in [2.24, 2.45) is 0 Å². The monoisotopic (exact) mass is 339 g/mol. The highest BCUT2D eigenvalue weighted by Crippen LogP contribution is 2.20. The number of halogens is 1. The van der Waals surface area contributed by atoms with Crippen molar-refractivity contribution < 1.29 is 10.1 Å². The quantitative estimate of drug-likeness (QED) is 0.869. The Morgan fingerprint density at radius 1 is 1.15 bits per heavy atom. The van der Waals surface area contributed by atoms with E-state index in [0.717, 1.165) is 10.2 Å². The first-order valence-corrected chi connectivity index (χ1v) is 8.43. The van der Waals surface area contributed by atoms with Crippen LogP contribution in [0.4, 0.5) is 5.69 Å². The number of nitrogens with one attached hydrogen (secondary N) is 1. The standard InChI is InChI=1S/C16H23BrN2O/c17-14-10-6-7-11-15(14)19-16(20)12-18-13-8-4-2-1-3-5-9-13/h6-7,10-11,13,18H,1-5,8-9,12H2,(H,19,20)/p+1. The number of hydrogen-bond acceptors (Lipinski definition) is 1. The molecule has 0 saturated heterocycles. The predicted octanol–water partition coefficient (Wildman–Crippen LogP) is 3.06. The van der Waals surface area contributed by atoms with E-state index in [4.69, 9.17) is 0 Å². The summed E-state index contributed by atoms with van der Waals surface area (Å²) in [4.78, 5) is 12.0. The van der Waals surface area contributed by atoms with Crippen LogP contribution in [0.1, 0.15) is 44.9 Å². The lowest BCUT2D eigenvalue weighted by atomic mass is 9.97. The van der Waals surface area contributed by atoms with Crippen LogP contribution >= 0.6 is 15.9 Å². The number of quaternary nitrogens is 1. The van der Waals surface area contributed by atoms with Gasteiger partial charge in [0.05, 0.1) is 11.7 Å². The van der Waals surface area contributed by atoms with Crippen LogP contribution in [0.15, 0.2) is 28.7 Å². The normalized spacial score (nSPS) is 17.2. The molecule has 4 heteroatoms. The number of benzene rings is 1. The third kappa shape index (κ3) is 5.25. The van der Waals surface area contributed by atoms with Gasteiger partial charge in [0.25, 0.3) is 5.91 Å². The molecule has 1 aliphatic carbocycles. The zero-order valence-corrected chi connectivity index (χ0v) is 13.5. The minimum absolute atomic E-state index is 0.0824. The largest absolute Gasteiger partial charge is 0.336 e. The van der Waals surface area contributed by atoms with Gasteiger partial charge in [-0.1, -0.05) is 31.4 Å². The molecule has 110 valence electrons. The van der Waals surface area contributed by atoms with Crippen molar-refractivity contribution in [3.05, 3.63) is 28.7 Å². The summed E-state index contributed by atoms with van der Waals surface area (Å²) in [6.45, 7) is 0.520. The molecular formula is C16H24BrN2O+. The Labute approximate surface area is 129 Å². The molecule has 3 nitrogen and oxygen atoms in total. The van der Waals surface area contributed by atoms with Gasteiger partial charge in [0, 0.05) is 4.47 Å². The third-order valence-corrected chi connectivity index (χ3v) is 4.63. The second kappa shape index (κ2) is 8.42. The van der Waals surface area contributed by atoms with Crippen LogP contribution in [-0.4, -0.2) is 18.5 Å². The number of nitrogens with two attached hydrogens (primary N) is 1. The maximum atomic E-state index is 12.0. The van der Waals surface area contributed by atoms with E-state index in [1.165, 1.54) is 44.9 Å². The molecule has 1 fully saturated rings. The van der Waals surface area contributed by atoms with E-state index in [0.29, 0.717) is 12.6 Å². The first-order chi connectivity index (χ1) is 9.75. The molecule has 0 aromatic heterocycles. The summed E-state index contributed by atoms with van der Waals surface area (Å²) < 4.78 is 0.930. The fraction of sp³-hybridized carbons (Fsp3) is 0.562. The number of anilines is 1. The zero-order valence-electron chi connectivity index (χ0n) is 11.9. The molecule has 3 N–H and O–H groups in total. The smallest absolute Gasteiger partial charge is 0.279 e. The number of carbonyl (C=O) groups excluding carboxylic acids is 1. The SMILES string of the molecule is O=C(C[NH2+]C1CCCCCCC1)Nc1ccccc1Br. The molecule has 0 spiro atoms. The van der Waals surface area contributed by atoms with Crippen molar-refractivity contribution >= 4 is 27.5 Å². The minimum atomic E-state index is 0.0824. The Morgan fingerprint density at radius 2 is 1.80 bits per heavy atom. The number of rotatable bonds is 4. The highest BCUT2D eigenvalue weighted by atomic mass is 79.9. The molecule has 0 unspecified atom stereocenters. The molecule has 0 radical (unpaired) electrons. The Kier molecular flexibility index (Phi) is 6.54. The Hall–Kier alpha value is -0.870. The van der Waals surface area contributed by atoms with Gasteiger partial charge in [0.2, 0.25) is 0 Å². The summed E-state index contributed by atoms with van der Waals surface area (Å²) in [7, 11) is 0. The van der Waals surface area contributed by atoms with E-state index in [-0.39, 0.29) is 5.91 Å². The van der Waals surface area contributed by atoms with E-state index in [9.17, 15) is 4.79 Å². The molecule has 0 aliphatic heterocycles. The van der Waals surface area contributed by atoms with Gasteiger partial charge in [-0.05, 0) is 53.7 Å². The molecule has 2 rings (SSSR count). The highest BCUT2D eigenvalue weighted by Gasteiger charge is 2.16. The van der Waals surface area contributed by atoms with Gasteiger partial charge in [0.15, 0.2) is 6.54 Å². The van der Waals surface area contributed by atoms with Crippen molar-refractivity contribution in [1.82, 2.24) is 0 Å². The average molecular weight is 340 g/mol. The van der Waals surface area contributed by atoms with Crippen molar-refractivity contribution in [2.45, 2.75) is 51.0 Å². The van der Waals surface area contributed by atoms with E-state index >= 15 is 0 Å². The van der Waals surface area contributed by atoms with Crippen LogP contribution in [0, 0.1) is 0 Å². The van der Waals surface area contributed by atoms with Crippen molar-refractivity contribution in [3.8, 4) is 0 Å². The van der Waals surface area contributed by atoms with Gasteiger partial charge in [-0.15, -0.1) is 0 Å². The Morgan fingerprint density at radius 3 is 2.50 bits per heavy atom. The Balaban J connectivity index is 1.75. The maximum Gasteiger partial charge on any atom is 0.279 e. The predicted molar refractivity (Wildman–Crippen MR) is 85.7 cm³/mol. The molecule has 0 atom stereocenters. The maximum absolute atomic E-state index is 12.0. The molecule has 1 saturated carbocycles. The van der Waals surface area contributed by atoms with Crippen molar-refractivity contribution in [3.63, 3.8) is 0 Å². The molecule has 0 bridgehead atoms. The summed E-state index contributed by atoms with van der Waals surface area (Å²) in [5.74, 6) is 0.0824. The molecule has 1 aliphatic rings. The van der Waals surface area contributed by atoms with Gasteiger partial charge in [-0.3, -0.25) is 4.79 Å². The van der Waals surface area contributed by atoms with Gasteiger partial charge < -0.3 is 10.6 Å². The first-order valence-electron chi connectivity index (χ1n) is 7.63. The van der Waals surface area contributed by atoms with E-state index in [1.807, 2.05) is 24.3 Å².